The van der Waals surface area contributed by atoms with E-state index in [2.05, 4.69) is 17.3 Å². The van der Waals surface area contributed by atoms with E-state index in [4.69, 9.17) is 5.73 Å². The van der Waals surface area contributed by atoms with Gasteiger partial charge < -0.3 is 11.1 Å². The van der Waals surface area contributed by atoms with Crippen LogP contribution in [-0.2, 0) is 0 Å². The predicted molar refractivity (Wildman–Crippen MR) is 33.0 cm³/mol. The molecule has 0 spiro atoms. The molecule has 0 heterocycles. The van der Waals surface area contributed by atoms with E-state index in [1.54, 1.807) is 0 Å². The third-order valence-corrected chi connectivity index (χ3v) is 1.54. The molecule has 0 radical (unpaired) electrons. The lowest BCUT2D eigenvalue weighted by molar-refractivity contribution is 0.692. The molecule has 1 saturated carbocycles. The van der Waals surface area contributed by atoms with Crippen LogP contribution >= 0.6 is 0 Å². The first-order valence-electron chi connectivity index (χ1n) is 2.75. The van der Waals surface area contributed by atoms with Crippen molar-refractivity contribution < 1.29 is 0 Å². The second-order valence-electron chi connectivity index (χ2n) is 2.10. The fourth-order valence-electron chi connectivity index (χ4n) is 0.701. The standard InChI is InChI=1S/C6H10N2/c1-8-6(2-3-6)4-5-7/h8H,2-3,7H2,1H3. The van der Waals surface area contributed by atoms with Gasteiger partial charge in [0.25, 0.3) is 0 Å². The SMILES string of the molecule is CNC1(C#CN)CC1. The normalized spacial score (nSPS) is 21.1. The van der Waals surface area contributed by atoms with Gasteiger partial charge >= 0.3 is 0 Å². The van der Waals surface area contributed by atoms with Crippen LogP contribution in [0.4, 0.5) is 0 Å². The second kappa shape index (κ2) is 1.68. The Morgan fingerprint density at radius 3 is 2.38 bits per heavy atom. The molecule has 0 unspecified atom stereocenters. The Hall–Kier alpha value is -0.680. The smallest absolute Gasteiger partial charge is 0.0818 e. The summed E-state index contributed by atoms with van der Waals surface area (Å²) in [6.07, 6.45) is 2.29. The predicted octanol–water partition coefficient (Wildman–Crippen LogP) is -0.342. The Labute approximate surface area is 49.4 Å². The van der Waals surface area contributed by atoms with Crippen molar-refractivity contribution in [3.63, 3.8) is 0 Å². The summed E-state index contributed by atoms with van der Waals surface area (Å²) in [5.74, 6) is 2.90. The maximum Gasteiger partial charge on any atom is 0.0818 e. The van der Waals surface area contributed by atoms with Gasteiger partial charge in [-0.2, -0.15) is 0 Å². The van der Waals surface area contributed by atoms with Gasteiger partial charge in [-0.3, -0.25) is 0 Å². The lowest BCUT2D eigenvalue weighted by Crippen LogP contribution is -2.25. The molecule has 3 N–H and O–H groups in total. The van der Waals surface area contributed by atoms with Crippen molar-refractivity contribution in [2.75, 3.05) is 7.05 Å². The quantitative estimate of drug-likeness (QED) is 0.358. The molecule has 0 aromatic rings. The Morgan fingerprint density at radius 1 is 1.62 bits per heavy atom. The maximum atomic E-state index is 5.03. The molecular formula is C6H10N2. The van der Waals surface area contributed by atoms with Crippen LogP contribution in [0.15, 0.2) is 0 Å². The first kappa shape index (κ1) is 5.46. The minimum Gasteiger partial charge on any atom is -0.359 e. The molecule has 2 heteroatoms. The highest BCUT2D eigenvalue weighted by Crippen LogP contribution is 2.33. The number of rotatable bonds is 1. The first-order valence-corrected chi connectivity index (χ1v) is 2.75. The first-order chi connectivity index (χ1) is 3.83. The van der Waals surface area contributed by atoms with Gasteiger partial charge in [-0.15, -0.1) is 0 Å². The largest absolute Gasteiger partial charge is 0.359 e. The summed E-state index contributed by atoms with van der Waals surface area (Å²) in [6.45, 7) is 0. The van der Waals surface area contributed by atoms with Crippen LogP contribution in [0.25, 0.3) is 0 Å². The van der Waals surface area contributed by atoms with Crippen LogP contribution in [0, 0.1) is 12.0 Å². The van der Waals surface area contributed by atoms with E-state index in [0.29, 0.717) is 0 Å². The highest BCUT2D eigenvalue weighted by molar-refractivity contribution is 5.24. The lowest BCUT2D eigenvalue weighted by atomic mass is 10.3. The molecule has 8 heavy (non-hydrogen) atoms. The molecule has 1 aliphatic rings. The van der Waals surface area contributed by atoms with Crippen molar-refractivity contribution in [3.8, 4) is 12.0 Å². The van der Waals surface area contributed by atoms with Crippen LogP contribution in [0.2, 0.25) is 0 Å². The molecule has 0 atom stereocenters. The highest BCUT2D eigenvalue weighted by Gasteiger charge is 2.39. The van der Waals surface area contributed by atoms with E-state index in [9.17, 15) is 0 Å². The van der Waals surface area contributed by atoms with Gasteiger partial charge in [0, 0.05) is 6.04 Å². The fraction of sp³-hybridized carbons (Fsp3) is 0.667. The maximum absolute atomic E-state index is 5.03. The molecule has 0 amide bonds. The molecule has 44 valence electrons. The lowest BCUT2D eigenvalue weighted by Gasteiger charge is -2.01. The van der Waals surface area contributed by atoms with E-state index >= 15 is 0 Å². The summed E-state index contributed by atoms with van der Waals surface area (Å²) in [5.41, 5.74) is 5.14. The molecule has 0 aromatic heterocycles. The monoisotopic (exact) mass is 110 g/mol. The van der Waals surface area contributed by atoms with Crippen LogP contribution in [0.5, 0.6) is 0 Å². The number of hydrogen-bond donors (Lipinski definition) is 2. The Bertz CT molecular complexity index is 136. The summed E-state index contributed by atoms with van der Waals surface area (Å²) >= 11 is 0. The zero-order valence-corrected chi connectivity index (χ0v) is 4.99. The van der Waals surface area contributed by atoms with Crippen LogP contribution in [-0.4, -0.2) is 12.6 Å². The van der Waals surface area contributed by atoms with Gasteiger partial charge in [-0.05, 0) is 19.9 Å². The summed E-state index contributed by atoms with van der Waals surface area (Å²) < 4.78 is 0. The zero-order chi connectivity index (χ0) is 6.04. The average molecular weight is 110 g/mol. The molecule has 0 aromatic carbocycles. The van der Waals surface area contributed by atoms with Gasteiger partial charge in [-0.25, -0.2) is 0 Å². The Morgan fingerprint density at radius 2 is 2.25 bits per heavy atom. The van der Waals surface area contributed by atoms with Crippen LogP contribution in [0.3, 0.4) is 0 Å². The average Bonchev–Trinajstić information content (AvgIpc) is 2.50. The number of hydrogen-bond acceptors (Lipinski definition) is 2. The Kier molecular flexibility index (Phi) is 1.15. The van der Waals surface area contributed by atoms with Gasteiger partial charge in [0.05, 0.1) is 5.54 Å². The summed E-state index contributed by atoms with van der Waals surface area (Å²) in [6, 6.07) is 2.41. The van der Waals surface area contributed by atoms with Gasteiger partial charge in [0.2, 0.25) is 0 Å². The highest BCUT2D eigenvalue weighted by atomic mass is 15.0. The van der Waals surface area contributed by atoms with E-state index in [0.717, 1.165) is 12.8 Å². The summed E-state index contributed by atoms with van der Waals surface area (Å²) in [7, 11) is 1.91. The zero-order valence-electron chi connectivity index (χ0n) is 4.99. The van der Waals surface area contributed by atoms with E-state index in [1.807, 2.05) is 7.05 Å². The van der Waals surface area contributed by atoms with Crippen LogP contribution < -0.4 is 11.1 Å². The molecule has 0 bridgehead atoms. The molecule has 1 fully saturated rings. The summed E-state index contributed by atoms with van der Waals surface area (Å²) in [4.78, 5) is 0. The van der Waals surface area contributed by atoms with Gasteiger partial charge in [0.15, 0.2) is 0 Å². The second-order valence-corrected chi connectivity index (χ2v) is 2.10. The molecule has 1 rings (SSSR count). The minimum absolute atomic E-state index is 0.106. The van der Waals surface area contributed by atoms with Crippen molar-refractivity contribution in [3.05, 3.63) is 0 Å². The van der Waals surface area contributed by atoms with Crippen molar-refractivity contribution >= 4 is 0 Å². The third kappa shape index (κ3) is 0.775. The Balaban J connectivity index is 2.49. The van der Waals surface area contributed by atoms with Crippen molar-refractivity contribution in [1.29, 1.82) is 0 Å². The third-order valence-electron chi connectivity index (χ3n) is 1.54. The van der Waals surface area contributed by atoms with Gasteiger partial charge in [-0.1, -0.05) is 5.92 Å². The molecule has 1 aliphatic carbocycles. The van der Waals surface area contributed by atoms with Crippen molar-refractivity contribution in [1.82, 2.24) is 5.32 Å². The molecule has 0 aliphatic heterocycles. The van der Waals surface area contributed by atoms with E-state index < -0.39 is 0 Å². The van der Waals surface area contributed by atoms with Crippen LogP contribution in [0.1, 0.15) is 12.8 Å². The molecular weight excluding hydrogens is 100 g/mol. The molecule has 2 nitrogen and oxygen atoms in total. The van der Waals surface area contributed by atoms with E-state index in [1.165, 1.54) is 0 Å². The minimum atomic E-state index is 0.106. The summed E-state index contributed by atoms with van der Waals surface area (Å²) in [5, 5.41) is 3.10. The van der Waals surface area contributed by atoms with Gasteiger partial charge in [0.1, 0.15) is 0 Å². The number of nitrogens with two attached hydrogens (primary N) is 1. The number of nitrogens with one attached hydrogen (secondary N) is 1. The fourth-order valence-corrected chi connectivity index (χ4v) is 0.701. The molecule has 0 saturated heterocycles. The topological polar surface area (TPSA) is 38.0 Å². The van der Waals surface area contributed by atoms with Crippen molar-refractivity contribution in [2.45, 2.75) is 18.4 Å². The van der Waals surface area contributed by atoms with E-state index in [-0.39, 0.29) is 5.54 Å². The van der Waals surface area contributed by atoms with Crippen molar-refractivity contribution in [2.24, 2.45) is 5.73 Å².